The van der Waals surface area contributed by atoms with Gasteiger partial charge in [-0.2, -0.15) is 10.4 Å². The van der Waals surface area contributed by atoms with E-state index in [9.17, 15) is 9.59 Å². The molecule has 0 fully saturated rings. The summed E-state index contributed by atoms with van der Waals surface area (Å²) in [6.45, 7) is 4.17. The maximum Gasteiger partial charge on any atom is 0.307 e. The highest BCUT2D eigenvalue weighted by atomic mass is 16.5. The van der Waals surface area contributed by atoms with Crippen molar-refractivity contribution in [2.75, 3.05) is 7.11 Å². The zero-order valence-electron chi connectivity index (χ0n) is 14.4. The molecule has 128 valence electrons. The van der Waals surface area contributed by atoms with Gasteiger partial charge in [0.1, 0.15) is 0 Å². The van der Waals surface area contributed by atoms with E-state index in [1.165, 1.54) is 13.2 Å². The fraction of sp³-hybridized carbons (Fsp3) is 0.263. The number of hydrogen-bond acceptors (Lipinski definition) is 5. The lowest BCUT2D eigenvalue weighted by Crippen LogP contribution is -2.09. The molecular formula is C19H19N3O3. The van der Waals surface area contributed by atoms with Crippen LogP contribution in [0.15, 0.2) is 30.3 Å². The average Bonchev–Trinajstić information content (AvgIpc) is 2.90. The summed E-state index contributed by atoms with van der Waals surface area (Å²) in [6.07, 6.45) is 3.46. The molecule has 25 heavy (non-hydrogen) atoms. The highest BCUT2D eigenvalue weighted by Crippen LogP contribution is 2.16. The third-order valence-electron chi connectivity index (χ3n) is 3.89. The predicted molar refractivity (Wildman–Crippen MR) is 92.9 cm³/mol. The molecule has 1 aromatic carbocycles. The first-order valence-electron chi connectivity index (χ1n) is 7.79. The lowest BCUT2D eigenvalue weighted by atomic mass is 10.1. The Hall–Kier alpha value is -3.20. The van der Waals surface area contributed by atoms with Crippen LogP contribution in [-0.4, -0.2) is 28.6 Å². The van der Waals surface area contributed by atoms with Crippen molar-refractivity contribution in [2.24, 2.45) is 0 Å². The number of allylic oxidation sites excluding steroid dienone is 1. The molecule has 6 heteroatoms. The van der Waals surface area contributed by atoms with Crippen molar-refractivity contribution in [3.63, 3.8) is 0 Å². The van der Waals surface area contributed by atoms with Crippen LogP contribution in [0.4, 0.5) is 0 Å². The summed E-state index contributed by atoms with van der Waals surface area (Å²) < 4.78 is 6.37. The normalized spacial score (nSPS) is 10.6. The number of nitrogens with zero attached hydrogens (tertiary/aromatic N) is 3. The summed E-state index contributed by atoms with van der Waals surface area (Å²) in [5.41, 5.74) is 3.55. The minimum Gasteiger partial charge on any atom is -0.469 e. The Labute approximate surface area is 146 Å². The third-order valence-corrected chi connectivity index (χ3v) is 3.89. The third kappa shape index (κ3) is 4.42. The van der Waals surface area contributed by atoms with Gasteiger partial charge in [0.15, 0.2) is 5.78 Å². The van der Waals surface area contributed by atoms with E-state index in [2.05, 4.69) is 9.84 Å². The minimum atomic E-state index is -0.291. The van der Waals surface area contributed by atoms with Gasteiger partial charge in [-0.25, -0.2) is 0 Å². The highest BCUT2D eigenvalue weighted by Gasteiger charge is 2.11. The Kier molecular flexibility index (Phi) is 5.85. The monoisotopic (exact) mass is 337 g/mol. The minimum absolute atomic E-state index is 0.148. The molecule has 0 atom stereocenters. The second kappa shape index (κ2) is 8.06. The van der Waals surface area contributed by atoms with E-state index in [-0.39, 0.29) is 18.2 Å². The van der Waals surface area contributed by atoms with Crippen molar-refractivity contribution < 1.29 is 14.3 Å². The van der Waals surface area contributed by atoms with Crippen LogP contribution in [-0.2, 0) is 16.1 Å². The molecule has 1 aromatic heterocycles. The zero-order chi connectivity index (χ0) is 18.4. The number of aryl methyl sites for hydroxylation is 2. The number of nitriles is 1. The molecule has 6 nitrogen and oxygen atoms in total. The number of esters is 1. The average molecular weight is 337 g/mol. The van der Waals surface area contributed by atoms with Gasteiger partial charge in [-0.15, -0.1) is 0 Å². The van der Waals surface area contributed by atoms with E-state index in [1.807, 2.05) is 19.9 Å². The maximum atomic E-state index is 12.2. The standard InChI is InChI=1S/C19H19N3O3/c1-13-17(14(2)22(21-13)11-10-19(24)25-3)8-9-18(23)16-6-4-15(12-20)5-7-16/h4-9H,10-11H2,1-3H3. The Bertz CT molecular complexity index is 855. The van der Waals surface area contributed by atoms with Crippen LogP contribution in [0.5, 0.6) is 0 Å². The van der Waals surface area contributed by atoms with Crippen molar-refractivity contribution >= 4 is 17.8 Å². The van der Waals surface area contributed by atoms with E-state index in [1.54, 1.807) is 35.0 Å². The summed E-state index contributed by atoms with van der Waals surface area (Å²) in [6, 6.07) is 8.51. The number of ether oxygens (including phenoxy) is 1. The van der Waals surface area contributed by atoms with Gasteiger partial charge in [0, 0.05) is 16.8 Å². The van der Waals surface area contributed by atoms with Gasteiger partial charge >= 0.3 is 5.97 Å². The first-order chi connectivity index (χ1) is 12.0. The van der Waals surface area contributed by atoms with Crippen LogP contribution < -0.4 is 0 Å². The van der Waals surface area contributed by atoms with Gasteiger partial charge in [-0.05, 0) is 50.3 Å². The molecule has 0 N–H and O–H groups in total. The molecule has 0 spiro atoms. The molecule has 0 unspecified atom stereocenters. The van der Waals surface area contributed by atoms with Crippen LogP contribution in [0.25, 0.3) is 6.08 Å². The van der Waals surface area contributed by atoms with Gasteiger partial charge in [-0.1, -0.05) is 0 Å². The number of carbonyl (C=O) groups is 2. The van der Waals surface area contributed by atoms with E-state index >= 15 is 0 Å². The number of methoxy groups -OCH3 is 1. The largest absolute Gasteiger partial charge is 0.469 e. The molecule has 0 aliphatic carbocycles. The van der Waals surface area contributed by atoms with Gasteiger partial charge < -0.3 is 4.74 Å². The number of carbonyl (C=O) groups excluding carboxylic acids is 2. The summed E-state index contributed by atoms with van der Waals surface area (Å²) >= 11 is 0. The quantitative estimate of drug-likeness (QED) is 0.460. The number of ketones is 1. The molecule has 0 aliphatic rings. The smallest absolute Gasteiger partial charge is 0.307 e. The van der Waals surface area contributed by atoms with E-state index in [0.717, 1.165) is 17.0 Å². The summed E-state index contributed by atoms with van der Waals surface area (Å²) in [4.78, 5) is 23.5. The second-order valence-corrected chi connectivity index (χ2v) is 5.52. The van der Waals surface area contributed by atoms with Crippen LogP contribution in [0.2, 0.25) is 0 Å². The molecule has 0 saturated carbocycles. The maximum absolute atomic E-state index is 12.2. The van der Waals surface area contributed by atoms with Crippen LogP contribution in [0, 0.1) is 25.2 Å². The SMILES string of the molecule is COC(=O)CCn1nc(C)c(C=CC(=O)c2ccc(C#N)cc2)c1C. The number of benzene rings is 1. The molecular weight excluding hydrogens is 318 g/mol. The van der Waals surface area contributed by atoms with E-state index in [0.29, 0.717) is 17.7 Å². The van der Waals surface area contributed by atoms with Crippen molar-refractivity contribution in [3.8, 4) is 6.07 Å². The first-order valence-corrected chi connectivity index (χ1v) is 7.79. The number of aromatic nitrogens is 2. The molecule has 0 saturated heterocycles. The highest BCUT2D eigenvalue weighted by molar-refractivity contribution is 6.06. The Morgan fingerprint density at radius 3 is 2.56 bits per heavy atom. The first kappa shape index (κ1) is 18.1. The molecule has 0 radical (unpaired) electrons. The zero-order valence-corrected chi connectivity index (χ0v) is 14.4. The Morgan fingerprint density at radius 2 is 1.96 bits per heavy atom. The fourth-order valence-corrected chi connectivity index (χ4v) is 2.43. The molecule has 0 bridgehead atoms. The lowest BCUT2D eigenvalue weighted by molar-refractivity contribution is -0.140. The van der Waals surface area contributed by atoms with Crippen molar-refractivity contribution in [2.45, 2.75) is 26.8 Å². The van der Waals surface area contributed by atoms with Gasteiger partial charge in [0.2, 0.25) is 0 Å². The molecule has 2 aromatic rings. The van der Waals surface area contributed by atoms with Gasteiger partial charge in [-0.3, -0.25) is 14.3 Å². The summed E-state index contributed by atoms with van der Waals surface area (Å²) in [7, 11) is 1.35. The summed E-state index contributed by atoms with van der Waals surface area (Å²) in [5, 5.41) is 13.2. The van der Waals surface area contributed by atoms with Gasteiger partial charge in [0.05, 0.1) is 37.4 Å². The summed E-state index contributed by atoms with van der Waals surface area (Å²) in [5.74, 6) is -0.439. The van der Waals surface area contributed by atoms with E-state index in [4.69, 9.17) is 5.26 Å². The van der Waals surface area contributed by atoms with Crippen LogP contribution in [0.3, 0.4) is 0 Å². The van der Waals surface area contributed by atoms with E-state index < -0.39 is 0 Å². The molecule has 0 aliphatic heterocycles. The molecule has 0 amide bonds. The van der Waals surface area contributed by atoms with Crippen molar-refractivity contribution in [1.29, 1.82) is 5.26 Å². The molecule has 1 heterocycles. The lowest BCUT2D eigenvalue weighted by Gasteiger charge is -2.03. The van der Waals surface area contributed by atoms with Crippen molar-refractivity contribution in [1.82, 2.24) is 9.78 Å². The van der Waals surface area contributed by atoms with Crippen LogP contribution >= 0.6 is 0 Å². The number of hydrogen-bond donors (Lipinski definition) is 0. The second-order valence-electron chi connectivity index (χ2n) is 5.52. The Morgan fingerprint density at radius 1 is 1.28 bits per heavy atom. The Balaban J connectivity index is 2.14. The topological polar surface area (TPSA) is 85.0 Å². The van der Waals surface area contributed by atoms with Gasteiger partial charge in [0.25, 0.3) is 0 Å². The molecule has 2 rings (SSSR count). The van der Waals surface area contributed by atoms with Crippen LogP contribution in [0.1, 0.15) is 39.3 Å². The van der Waals surface area contributed by atoms with Crippen molar-refractivity contribution in [3.05, 3.63) is 58.4 Å². The number of rotatable bonds is 6. The predicted octanol–water partition coefficient (Wildman–Crippen LogP) is 2.83. The fourth-order valence-electron chi connectivity index (χ4n) is 2.43.